The van der Waals surface area contributed by atoms with Crippen LogP contribution in [0, 0.1) is 0 Å². The van der Waals surface area contributed by atoms with Crippen LogP contribution in [0.2, 0.25) is 0 Å². The van der Waals surface area contributed by atoms with Crippen LogP contribution < -0.4 is 4.74 Å². The lowest BCUT2D eigenvalue weighted by Crippen LogP contribution is -2.25. The lowest BCUT2D eigenvalue weighted by atomic mass is 10.1. The molecule has 1 N–H and O–H groups in total. The highest BCUT2D eigenvalue weighted by Gasteiger charge is 2.14. The highest BCUT2D eigenvalue weighted by Crippen LogP contribution is 2.19. The molecule has 23 heavy (non-hydrogen) atoms. The van der Waals surface area contributed by atoms with Crippen molar-refractivity contribution in [2.75, 3.05) is 13.2 Å². The topological polar surface area (TPSA) is 38.7 Å². The number of halogens is 2. The van der Waals surface area contributed by atoms with Gasteiger partial charge in [-0.3, -0.25) is 0 Å². The molecule has 2 aromatic rings. The Labute approximate surface area is 153 Å². The van der Waals surface area contributed by atoms with Gasteiger partial charge in [-0.2, -0.15) is 0 Å². The van der Waals surface area contributed by atoms with Gasteiger partial charge in [-0.15, -0.1) is 0 Å². The Morgan fingerprint density at radius 1 is 1.04 bits per heavy atom. The Bertz CT molecular complexity index is 581. The summed E-state index contributed by atoms with van der Waals surface area (Å²) >= 11 is 6.62. The Kier molecular flexibility index (Phi) is 7.92. The van der Waals surface area contributed by atoms with Crippen molar-refractivity contribution >= 4 is 31.9 Å². The van der Waals surface area contributed by atoms with E-state index < -0.39 is 0 Å². The summed E-state index contributed by atoms with van der Waals surface area (Å²) in [6, 6.07) is 14.8. The zero-order valence-electron chi connectivity index (χ0n) is 12.8. The maximum Gasteiger partial charge on any atom is 0.120 e. The van der Waals surface area contributed by atoms with E-state index >= 15 is 0 Å². The summed E-state index contributed by atoms with van der Waals surface area (Å²) in [6.07, 6.45) is 3.84. The number of hydrogen-bond donors (Lipinski definition) is 1. The number of phenols is 1. The van der Waals surface area contributed by atoms with Crippen molar-refractivity contribution < 1.29 is 14.6 Å². The fourth-order valence-corrected chi connectivity index (χ4v) is 2.93. The van der Waals surface area contributed by atoms with Crippen molar-refractivity contribution in [1.29, 1.82) is 0 Å². The van der Waals surface area contributed by atoms with Crippen LogP contribution in [0.15, 0.2) is 57.5 Å². The minimum atomic E-state index is 0.276. The van der Waals surface area contributed by atoms with Crippen LogP contribution in [0.25, 0.3) is 0 Å². The van der Waals surface area contributed by atoms with E-state index in [2.05, 4.69) is 31.9 Å². The summed E-state index contributed by atoms with van der Waals surface area (Å²) in [7, 11) is 0. The molecule has 124 valence electrons. The van der Waals surface area contributed by atoms with E-state index in [9.17, 15) is 0 Å². The van der Waals surface area contributed by atoms with Crippen LogP contribution in [-0.2, 0) is 4.74 Å². The highest BCUT2D eigenvalue weighted by atomic mass is 79.9. The third-order valence-corrected chi connectivity index (χ3v) is 4.30. The van der Waals surface area contributed by atoms with E-state index in [1.54, 1.807) is 18.2 Å². The molecule has 2 aromatic carbocycles. The average Bonchev–Trinajstić information content (AvgIpc) is 2.54. The first-order chi connectivity index (χ1) is 11.1. The van der Waals surface area contributed by atoms with Crippen molar-refractivity contribution in [3.8, 4) is 11.5 Å². The van der Waals surface area contributed by atoms with Gasteiger partial charge in [0.1, 0.15) is 18.1 Å². The van der Waals surface area contributed by atoms with E-state index in [1.165, 1.54) is 12.8 Å². The molecule has 0 aromatic heterocycles. The second-order valence-electron chi connectivity index (χ2n) is 5.24. The van der Waals surface area contributed by atoms with Gasteiger partial charge < -0.3 is 14.6 Å². The van der Waals surface area contributed by atoms with Crippen molar-refractivity contribution in [3.63, 3.8) is 0 Å². The molecule has 0 aliphatic carbocycles. The quantitative estimate of drug-likeness (QED) is 0.675. The molecular formula is C18H20Br2O3. The Morgan fingerprint density at radius 3 is 2.35 bits per heavy atom. The summed E-state index contributed by atoms with van der Waals surface area (Å²) in [6.45, 7) is 1.54. The van der Waals surface area contributed by atoms with E-state index in [-0.39, 0.29) is 6.10 Å². The van der Waals surface area contributed by atoms with Gasteiger partial charge in [0, 0.05) is 15.6 Å². The summed E-state index contributed by atoms with van der Waals surface area (Å²) < 4.78 is 13.2. The molecule has 1 heterocycles. The molecule has 0 spiro atoms. The number of rotatable bonds is 3. The predicted octanol–water partition coefficient (Wildman–Crippen LogP) is 5.55. The minimum absolute atomic E-state index is 0.276. The molecule has 0 radical (unpaired) electrons. The molecule has 1 fully saturated rings. The standard InChI is InChI=1S/C12H15BrO2.C6H5BrO/c13-10-4-3-6-11(8-10)15-9-12-5-1-2-7-14-12;7-5-2-1-3-6(8)4-5/h3-4,6,8,12H,1-2,5,7,9H2;1-4,8H. The van der Waals surface area contributed by atoms with Crippen LogP contribution in [0.4, 0.5) is 0 Å². The molecule has 1 saturated heterocycles. The van der Waals surface area contributed by atoms with Crippen molar-refractivity contribution in [3.05, 3.63) is 57.5 Å². The van der Waals surface area contributed by atoms with Gasteiger partial charge >= 0.3 is 0 Å². The van der Waals surface area contributed by atoms with Gasteiger partial charge in [0.05, 0.1) is 6.10 Å². The number of ether oxygens (including phenoxy) is 2. The first-order valence-electron chi connectivity index (χ1n) is 7.58. The van der Waals surface area contributed by atoms with Crippen LogP contribution in [-0.4, -0.2) is 24.4 Å². The molecule has 1 unspecified atom stereocenters. The van der Waals surface area contributed by atoms with Gasteiger partial charge in [0.25, 0.3) is 0 Å². The lowest BCUT2D eigenvalue weighted by molar-refractivity contribution is -0.0110. The largest absolute Gasteiger partial charge is 0.508 e. The van der Waals surface area contributed by atoms with Gasteiger partial charge in [0.15, 0.2) is 0 Å². The third-order valence-electron chi connectivity index (χ3n) is 3.31. The van der Waals surface area contributed by atoms with Crippen LogP contribution in [0.5, 0.6) is 11.5 Å². The number of phenolic OH excluding ortho intramolecular Hbond substituents is 1. The molecule has 1 atom stereocenters. The first kappa shape index (κ1) is 18.3. The van der Waals surface area contributed by atoms with Crippen molar-refractivity contribution in [2.45, 2.75) is 25.4 Å². The van der Waals surface area contributed by atoms with E-state index in [0.717, 1.165) is 27.7 Å². The smallest absolute Gasteiger partial charge is 0.120 e. The molecule has 1 aliphatic rings. The average molecular weight is 444 g/mol. The second-order valence-corrected chi connectivity index (χ2v) is 7.07. The maximum atomic E-state index is 8.78. The molecule has 3 nitrogen and oxygen atoms in total. The van der Waals surface area contributed by atoms with Crippen molar-refractivity contribution in [2.24, 2.45) is 0 Å². The SMILES string of the molecule is Brc1cccc(OCC2CCCCO2)c1.Oc1cccc(Br)c1. The molecule has 0 amide bonds. The maximum absolute atomic E-state index is 8.78. The molecule has 3 rings (SSSR count). The van der Waals surface area contributed by atoms with Crippen LogP contribution in [0.3, 0.4) is 0 Å². The fraction of sp³-hybridized carbons (Fsp3) is 0.333. The monoisotopic (exact) mass is 442 g/mol. The van der Waals surface area contributed by atoms with Crippen LogP contribution in [0.1, 0.15) is 19.3 Å². The number of benzene rings is 2. The summed E-state index contributed by atoms with van der Waals surface area (Å²) in [5, 5.41) is 8.78. The Balaban J connectivity index is 0.000000203. The van der Waals surface area contributed by atoms with Crippen LogP contribution >= 0.6 is 31.9 Å². The van der Waals surface area contributed by atoms with Gasteiger partial charge in [0.2, 0.25) is 0 Å². The van der Waals surface area contributed by atoms with Gasteiger partial charge in [-0.1, -0.05) is 44.0 Å². The second kappa shape index (κ2) is 9.96. The van der Waals surface area contributed by atoms with Crippen molar-refractivity contribution in [1.82, 2.24) is 0 Å². The summed E-state index contributed by atoms with van der Waals surface area (Å²) in [5.74, 6) is 1.19. The van der Waals surface area contributed by atoms with E-state index in [0.29, 0.717) is 12.4 Å². The fourth-order valence-electron chi connectivity index (χ4n) is 2.16. The zero-order chi connectivity index (χ0) is 16.5. The third kappa shape index (κ3) is 7.38. The lowest BCUT2D eigenvalue weighted by Gasteiger charge is -2.22. The molecule has 5 heteroatoms. The molecule has 0 saturated carbocycles. The zero-order valence-corrected chi connectivity index (χ0v) is 15.9. The molecular weight excluding hydrogens is 424 g/mol. The summed E-state index contributed by atoms with van der Waals surface area (Å²) in [4.78, 5) is 0. The number of hydrogen-bond acceptors (Lipinski definition) is 3. The van der Waals surface area contributed by atoms with Gasteiger partial charge in [-0.25, -0.2) is 0 Å². The Hall–Kier alpha value is -1.04. The molecule has 0 bridgehead atoms. The highest BCUT2D eigenvalue weighted by molar-refractivity contribution is 9.10. The van der Waals surface area contributed by atoms with E-state index in [4.69, 9.17) is 14.6 Å². The molecule has 1 aliphatic heterocycles. The predicted molar refractivity (Wildman–Crippen MR) is 99.0 cm³/mol. The normalized spacial score (nSPS) is 17.0. The van der Waals surface area contributed by atoms with Gasteiger partial charge in [-0.05, 0) is 55.7 Å². The van der Waals surface area contributed by atoms with E-state index in [1.807, 2.05) is 30.3 Å². The first-order valence-corrected chi connectivity index (χ1v) is 9.16. The Morgan fingerprint density at radius 2 is 1.78 bits per heavy atom. The minimum Gasteiger partial charge on any atom is -0.508 e. The summed E-state index contributed by atoms with van der Waals surface area (Å²) in [5.41, 5.74) is 0. The number of aromatic hydroxyl groups is 1.